The highest BCUT2D eigenvalue weighted by molar-refractivity contribution is 7.92. The fraction of sp³-hybridized carbons (Fsp3) is 0.125. The predicted molar refractivity (Wildman–Crippen MR) is 59.4 cm³/mol. The summed E-state index contributed by atoms with van der Waals surface area (Å²) in [6, 6.07) is 1.87. The van der Waals surface area contributed by atoms with Crippen molar-refractivity contribution in [2.45, 2.75) is 4.90 Å². The average molecular weight is 290 g/mol. The molecule has 1 aromatic carbocycles. The molecule has 0 unspecified atom stereocenters. The molecule has 1 aromatic rings. The first-order chi connectivity index (χ1) is 8.65. The van der Waals surface area contributed by atoms with Gasteiger partial charge in [-0.2, -0.15) is 0 Å². The fourth-order valence-corrected chi connectivity index (χ4v) is 2.47. The van der Waals surface area contributed by atoms with Crippen molar-refractivity contribution in [2.75, 3.05) is 5.75 Å². The summed E-state index contributed by atoms with van der Waals surface area (Å²) in [7, 11) is -4.44. The van der Waals surface area contributed by atoms with E-state index >= 15 is 0 Å². The quantitative estimate of drug-likeness (QED) is 0.601. The average Bonchev–Trinajstić information content (AvgIpc) is 2.26. The third kappa shape index (κ3) is 3.22. The summed E-state index contributed by atoms with van der Waals surface area (Å²) in [5.74, 6) is -3.03. The van der Waals surface area contributed by atoms with Gasteiger partial charge in [0.2, 0.25) is 0 Å². The number of carboxylic acid groups (broad SMARTS) is 1. The summed E-state index contributed by atoms with van der Waals surface area (Å²) in [5, 5.41) is 29.6. The molecule has 0 saturated carbocycles. The van der Waals surface area contributed by atoms with Crippen LogP contribution in [0.4, 0.5) is 11.4 Å². The number of nitro benzene ring substituents is 2. The molecular formula is C8H6N2O8S. The number of aliphatic carboxylic acids is 1. The van der Waals surface area contributed by atoms with Crippen LogP contribution in [0.15, 0.2) is 23.1 Å². The van der Waals surface area contributed by atoms with Crippen LogP contribution < -0.4 is 0 Å². The van der Waals surface area contributed by atoms with Gasteiger partial charge in [-0.1, -0.05) is 0 Å². The third-order valence-electron chi connectivity index (χ3n) is 2.00. The van der Waals surface area contributed by atoms with Crippen LogP contribution in [0.5, 0.6) is 0 Å². The van der Waals surface area contributed by atoms with E-state index in [4.69, 9.17) is 5.11 Å². The monoisotopic (exact) mass is 290 g/mol. The van der Waals surface area contributed by atoms with Crippen LogP contribution in [0, 0.1) is 20.2 Å². The molecule has 0 atom stereocenters. The van der Waals surface area contributed by atoms with Crippen molar-refractivity contribution < 1.29 is 28.2 Å². The van der Waals surface area contributed by atoms with Gasteiger partial charge in [0, 0.05) is 6.07 Å². The molecule has 0 amide bonds. The Labute approximate surface area is 105 Å². The van der Waals surface area contributed by atoms with Gasteiger partial charge in [0.05, 0.1) is 15.9 Å². The molecule has 0 bridgehead atoms. The van der Waals surface area contributed by atoms with Gasteiger partial charge in [0.1, 0.15) is 4.90 Å². The predicted octanol–water partition coefficient (Wildman–Crippen LogP) is 0.361. The number of nitrogens with zero attached hydrogens (tertiary/aromatic N) is 2. The van der Waals surface area contributed by atoms with Crippen molar-refractivity contribution in [3.8, 4) is 0 Å². The Kier molecular flexibility index (Phi) is 3.80. The number of hydrogen-bond donors (Lipinski definition) is 1. The van der Waals surface area contributed by atoms with E-state index < -0.39 is 47.7 Å². The van der Waals surface area contributed by atoms with Crippen molar-refractivity contribution in [3.05, 3.63) is 38.4 Å². The number of carbonyl (C=O) groups is 1. The molecule has 0 aliphatic heterocycles. The standard InChI is InChI=1S/C8H6N2O8S/c11-8(12)4-19(17,18)7-2-1-5(9(13)14)3-6(7)10(15)16/h1-3H,4H2,(H,11,12). The number of rotatable bonds is 5. The number of hydrogen-bond acceptors (Lipinski definition) is 7. The summed E-state index contributed by atoms with van der Waals surface area (Å²) in [4.78, 5) is 28.6. The first-order valence-corrected chi connectivity index (χ1v) is 6.18. The Hall–Kier alpha value is -2.56. The van der Waals surface area contributed by atoms with E-state index in [1.807, 2.05) is 0 Å². The molecule has 0 aliphatic carbocycles. The first-order valence-electron chi connectivity index (χ1n) is 4.52. The largest absolute Gasteiger partial charge is 0.480 e. The summed E-state index contributed by atoms with van der Waals surface area (Å²) >= 11 is 0. The lowest BCUT2D eigenvalue weighted by Crippen LogP contribution is -2.16. The lowest BCUT2D eigenvalue weighted by molar-refractivity contribution is -0.396. The number of benzene rings is 1. The molecule has 10 nitrogen and oxygen atoms in total. The van der Waals surface area contributed by atoms with Gasteiger partial charge < -0.3 is 5.11 Å². The third-order valence-corrected chi connectivity index (χ3v) is 3.64. The van der Waals surface area contributed by atoms with E-state index in [-0.39, 0.29) is 0 Å². The van der Waals surface area contributed by atoms with Gasteiger partial charge in [0.15, 0.2) is 15.6 Å². The van der Waals surface area contributed by atoms with Gasteiger partial charge in [0.25, 0.3) is 11.4 Å². The van der Waals surface area contributed by atoms with Crippen LogP contribution in [0.1, 0.15) is 0 Å². The smallest absolute Gasteiger partial charge is 0.319 e. The summed E-state index contributed by atoms with van der Waals surface area (Å²) in [5.41, 5.74) is -1.70. The molecule has 0 heterocycles. The van der Waals surface area contributed by atoms with Crippen molar-refractivity contribution in [2.24, 2.45) is 0 Å². The van der Waals surface area contributed by atoms with Crippen molar-refractivity contribution in [1.29, 1.82) is 0 Å². The highest BCUT2D eigenvalue weighted by atomic mass is 32.2. The SMILES string of the molecule is O=C(O)CS(=O)(=O)c1ccc([N+](=O)[O-])cc1[N+](=O)[O-]. The molecule has 11 heteroatoms. The Morgan fingerprint density at radius 3 is 2.21 bits per heavy atom. The highest BCUT2D eigenvalue weighted by Crippen LogP contribution is 2.28. The van der Waals surface area contributed by atoms with Crippen molar-refractivity contribution >= 4 is 27.2 Å². The van der Waals surface area contributed by atoms with Crippen molar-refractivity contribution in [1.82, 2.24) is 0 Å². The number of carboxylic acids is 1. The Bertz CT molecular complexity index is 665. The molecular weight excluding hydrogens is 284 g/mol. The zero-order chi connectivity index (χ0) is 14.8. The Morgan fingerprint density at radius 2 is 1.79 bits per heavy atom. The lowest BCUT2D eigenvalue weighted by Gasteiger charge is -2.02. The normalized spacial score (nSPS) is 10.9. The highest BCUT2D eigenvalue weighted by Gasteiger charge is 2.30. The molecule has 0 aromatic heterocycles. The molecule has 0 fully saturated rings. The minimum Gasteiger partial charge on any atom is -0.480 e. The zero-order valence-electron chi connectivity index (χ0n) is 9.05. The van der Waals surface area contributed by atoms with E-state index in [0.717, 1.165) is 6.07 Å². The summed E-state index contributed by atoms with van der Waals surface area (Å²) in [6.45, 7) is 0. The van der Waals surface area contributed by atoms with Crippen LogP contribution in [0.2, 0.25) is 0 Å². The van der Waals surface area contributed by atoms with Crippen LogP contribution in [-0.4, -0.2) is 35.1 Å². The second kappa shape index (κ2) is 4.97. The second-order valence-electron chi connectivity index (χ2n) is 3.32. The van der Waals surface area contributed by atoms with Gasteiger partial charge in [-0.05, 0) is 6.07 Å². The maximum Gasteiger partial charge on any atom is 0.319 e. The van der Waals surface area contributed by atoms with Crippen LogP contribution in [-0.2, 0) is 14.6 Å². The Morgan fingerprint density at radius 1 is 1.21 bits per heavy atom. The minimum absolute atomic E-state index is 0.467. The number of non-ortho nitro benzene ring substituents is 1. The molecule has 0 radical (unpaired) electrons. The molecule has 19 heavy (non-hydrogen) atoms. The molecule has 0 aliphatic rings. The molecule has 102 valence electrons. The maximum atomic E-state index is 11.6. The summed E-state index contributed by atoms with van der Waals surface area (Å²) in [6.07, 6.45) is 0. The van der Waals surface area contributed by atoms with Gasteiger partial charge in [-0.25, -0.2) is 8.42 Å². The lowest BCUT2D eigenvalue weighted by atomic mass is 10.3. The van der Waals surface area contributed by atoms with E-state index in [1.54, 1.807) is 0 Å². The number of sulfone groups is 1. The summed E-state index contributed by atoms with van der Waals surface area (Å²) < 4.78 is 23.2. The fourth-order valence-electron chi connectivity index (χ4n) is 1.27. The van der Waals surface area contributed by atoms with E-state index in [2.05, 4.69) is 0 Å². The minimum atomic E-state index is -4.44. The van der Waals surface area contributed by atoms with Gasteiger partial charge in [-0.3, -0.25) is 25.0 Å². The van der Waals surface area contributed by atoms with Gasteiger partial charge >= 0.3 is 5.97 Å². The van der Waals surface area contributed by atoms with Gasteiger partial charge in [-0.15, -0.1) is 0 Å². The van der Waals surface area contributed by atoms with E-state index in [9.17, 15) is 33.4 Å². The number of nitro groups is 2. The molecule has 1 N–H and O–H groups in total. The van der Waals surface area contributed by atoms with E-state index in [0.29, 0.717) is 12.1 Å². The van der Waals surface area contributed by atoms with Crippen LogP contribution >= 0.6 is 0 Å². The van der Waals surface area contributed by atoms with Crippen LogP contribution in [0.25, 0.3) is 0 Å². The zero-order valence-corrected chi connectivity index (χ0v) is 9.86. The molecule has 0 saturated heterocycles. The second-order valence-corrected chi connectivity index (χ2v) is 5.28. The maximum absolute atomic E-state index is 11.6. The molecule has 0 spiro atoms. The Balaban J connectivity index is 3.48. The first kappa shape index (κ1) is 14.5. The van der Waals surface area contributed by atoms with Crippen LogP contribution in [0.3, 0.4) is 0 Å². The van der Waals surface area contributed by atoms with E-state index in [1.165, 1.54) is 0 Å². The topological polar surface area (TPSA) is 158 Å². The molecule has 1 rings (SSSR count). The van der Waals surface area contributed by atoms with Crippen molar-refractivity contribution in [3.63, 3.8) is 0 Å².